The van der Waals surface area contributed by atoms with Crippen LogP contribution in [0.2, 0.25) is 0 Å². The first-order valence-corrected chi connectivity index (χ1v) is 28.2. The van der Waals surface area contributed by atoms with E-state index in [2.05, 4.69) is 69.4 Å². The van der Waals surface area contributed by atoms with Gasteiger partial charge in [0.2, 0.25) is 0 Å². The van der Waals surface area contributed by atoms with Crippen LogP contribution in [0.5, 0.6) is 0 Å². The van der Waals surface area contributed by atoms with E-state index in [1.807, 2.05) is 72.9 Å². The predicted molar refractivity (Wildman–Crippen MR) is 297 cm³/mol. The molecule has 0 saturated carbocycles. The van der Waals surface area contributed by atoms with Crippen LogP contribution in [0.1, 0.15) is 239 Å². The summed E-state index contributed by atoms with van der Waals surface area (Å²) in [5.74, 6) is -0.967. The van der Waals surface area contributed by atoms with Gasteiger partial charge >= 0.3 is 17.9 Å². The number of allylic oxidation sites excluding steroid dienone is 20. The van der Waals surface area contributed by atoms with Gasteiger partial charge in [0.1, 0.15) is 13.2 Å². The second kappa shape index (κ2) is 56.4. The standard InChI is InChI=1S/C63H102O6/c1-4-7-10-13-16-19-22-25-28-30-31-33-35-38-41-44-47-50-53-56-62(65)68-59-60(58-67-61(64)55-52-49-46-43-40-37-34-27-24-21-18-15-12-9-6-3)69-63(66)57-54-51-48-45-42-39-36-32-29-26-23-20-17-14-11-8-5-2/h7,10,13,16,18-19,21-22,24-31,33,35,38,41,60H,4-6,8-9,11-12,14-15,17,20,23,32,34,36-37,39-40,42-59H2,1-3H3/b10-7-,16-13-,21-18-,22-19-,27-24-,28-25-,29-26-,31-30+,35-33-,41-38-. The van der Waals surface area contributed by atoms with Crippen molar-refractivity contribution in [2.24, 2.45) is 0 Å². The minimum absolute atomic E-state index is 0.104. The first-order chi connectivity index (χ1) is 34.0. The highest BCUT2D eigenvalue weighted by atomic mass is 16.6. The van der Waals surface area contributed by atoms with Gasteiger partial charge in [-0.3, -0.25) is 14.4 Å². The Bertz CT molecular complexity index is 1470. The number of ether oxygens (including phenoxy) is 3. The van der Waals surface area contributed by atoms with E-state index in [1.54, 1.807) is 0 Å². The Hall–Kier alpha value is -4.19. The third kappa shape index (κ3) is 54.6. The Kier molecular flexibility index (Phi) is 53.0. The van der Waals surface area contributed by atoms with Crippen LogP contribution in [0.4, 0.5) is 0 Å². The highest BCUT2D eigenvalue weighted by molar-refractivity contribution is 5.71. The van der Waals surface area contributed by atoms with Gasteiger partial charge in [0.25, 0.3) is 0 Å². The van der Waals surface area contributed by atoms with Gasteiger partial charge in [-0.15, -0.1) is 0 Å². The normalized spacial score (nSPS) is 13.0. The molecule has 0 aliphatic rings. The maximum absolute atomic E-state index is 12.9. The molecule has 0 aliphatic heterocycles. The number of carbonyl (C=O) groups excluding carboxylic acids is 3. The van der Waals surface area contributed by atoms with Crippen LogP contribution in [0.3, 0.4) is 0 Å². The van der Waals surface area contributed by atoms with Crippen molar-refractivity contribution in [3.8, 4) is 0 Å². The van der Waals surface area contributed by atoms with E-state index in [9.17, 15) is 14.4 Å². The molecule has 0 heterocycles. The van der Waals surface area contributed by atoms with Crippen molar-refractivity contribution in [3.05, 3.63) is 122 Å². The number of hydrogen-bond donors (Lipinski definition) is 0. The Balaban J connectivity index is 4.53. The van der Waals surface area contributed by atoms with E-state index in [-0.39, 0.29) is 31.1 Å². The molecule has 1 unspecified atom stereocenters. The predicted octanol–water partition coefficient (Wildman–Crippen LogP) is 18.9. The topological polar surface area (TPSA) is 78.9 Å². The first kappa shape index (κ1) is 64.8. The van der Waals surface area contributed by atoms with Crippen LogP contribution in [0.25, 0.3) is 0 Å². The zero-order chi connectivity index (χ0) is 50.0. The molecule has 0 aromatic heterocycles. The lowest BCUT2D eigenvalue weighted by atomic mass is 10.1. The van der Waals surface area contributed by atoms with Crippen LogP contribution in [0.15, 0.2) is 122 Å². The van der Waals surface area contributed by atoms with E-state index < -0.39 is 6.10 Å². The summed E-state index contributed by atoms with van der Waals surface area (Å²) in [6.45, 7) is 6.40. The monoisotopic (exact) mass is 955 g/mol. The Morgan fingerprint density at radius 3 is 0.986 bits per heavy atom. The minimum Gasteiger partial charge on any atom is -0.462 e. The zero-order valence-corrected chi connectivity index (χ0v) is 44.5. The molecule has 0 aromatic rings. The summed E-state index contributed by atoms with van der Waals surface area (Å²) in [6.07, 6.45) is 77.4. The molecular weight excluding hydrogens is 853 g/mol. The van der Waals surface area contributed by atoms with Crippen molar-refractivity contribution >= 4 is 17.9 Å². The summed E-state index contributed by atoms with van der Waals surface area (Å²) in [5.41, 5.74) is 0. The van der Waals surface area contributed by atoms with Crippen molar-refractivity contribution in [2.75, 3.05) is 13.2 Å². The Morgan fingerprint density at radius 2 is 0.580 bits per heavy atom. The van der Waals surface area contributed by atoms with E-state index in [4.69, 9.17) is 14.2 Å². The van der Waals surface area contributed by atoms with Gasteiger partial charge in [-0.2, -0.15) is 0 Å². The molecule has 390 valence electrons. The number of esters is 3. The number of hydrogen-bond acceptors (Lipinski definition) is 6. The highest BCUT2D eigenvalue weighted by Crippen LogP contribution is 2.14. The lowest BCUT2D eigenvalue weighted by molar-refractivity contribution is -0.167. The molecule has 0 amide bonds. The van der Waals surface area contributed by atoms with Gasteiger partial charge < -0.3 is 14.2 Å². The van der Waals surface area contributed by atoms with Crippen molar-refractivity contribution in [2.45, 2.75) is 245 Å². The average molecular weight is 956 g/mol. The van der Waals surface area contributed by atoms with Gasteiger partial charge in [0.15, 0.2) is 6.10 Å². The van der Waals surface area contributed by atoms with Gasteiger partial charge in [0.05, 0.1) is 0 Å². The number of unbranched alkanes of at least 4 members (excludes halogenated alkanes) is 25. The summed E-state index contributed by atoms with van der Waals surface area (Å²) in [6, 6.07) is 0. The van der Waals surface area contributed by atoms with Gasteiger partial charge in [-0.25, -0.2) is 0 Å². The molecule has 0 saturated heterocycles. The van der Waals surface area contributed by atoms with Crippen molar-refractivity contribution in [1.82, 2.24) is 0 Å². The van der Waals surface area contributed by atoms with E-state index in [0.717, 1.165) is 83.5 Å². The maximum atomic E-state index is 12.9. The van der Waals surface area contributed by atoms with Gasteiger partial charge in [-0.1, -0.05) is 251 Å². The summed E-state index contributed by atoms with van der Waals surface area (Å²) < 4.78 is 16.8. The minimum atomic E-state index is -0.808. The Labute approximate surface area is 424 Å². The van der Waals surface area contributed by atoms with Crippen molar-refractivity contribution in [1.29, 1.82) is 0 Å². The van der Waals surface area contributed by atoms with Crippen LogP contribution >= 0.6 is 0 Å². The van der Waals surface area contributed by atoms with E-state index in [0.29, 0.717) is 19.3 Å². The van der Waals surface area contributed by atoms with E-state index >= 15 is 0 Å². The van der Waals surface area contributed by atoms with Crippen LogP contribution in [-0.2, 0) is 28.6 Å². The van der Waals surface area contributed by atoms with Gasteiger partial charge in [0, 0.05) is 19.3 Å². The Morgan fingerprint density at radius 1 is 0.304 bits per heavy atom. The molecule has 1 atom stereocenters. The van der Waals surface area contributed by atoms with Crippen LogP contribution in [-0.4, -0.2) is 37.2 Å². The molecule has 6 nitrogen and oxygen atoms in total. The lowest BCUT2D eigenvalue weighted by Gasteiger charge is -2.18. The zero-order valence-electron chi connectivity index (χ0n) is 44.5. The summed E-state index contributed by atoms with van der Waals surface area (Å²) >= 11 is 0. The third-order valence-electron chi connectivity index (χ3n) is 11.6. The molecule has 0 rings (SSSR count). The SMILES string of the molecule is CC\C=C/C=C\C=C/C=C\C=C\C=C/C=C\CCCCCC(=O)OCC(COC(=O)CCCCCCCC/C=C\C=C/CCCCC)OC(=O)CCCCCCCCC/C=C\CCCCCCCC. The molecule has 0 N–H and O–H groups in total. The van der Waals surface area contributed by atoms with Crippen molar-refractivity contribution in [3.63, 3.8) is 0 Å². The van der Waals surface area contributed by atoms with E-state index in [1.165, 1.54) is 116 Å². The summed E-state index contributed by atoms with van der Waals surface area (Å²) in [7, 11) is 0. The molecular formula is C63H102O6. The van der Waals surface area contributed by atoms with Crippen LogP contribution < -0.4 is 0 Å². The molecule has 0 fully saturated rings. The first-order valence-electron chi connectivity index (χ1n) is 28.2. The van der Waals surface area contributed by atoms with Crippen LogP contribution in [0, 0.1) is 0 Å². The lowest BCUT2D eigenvalue weighted by Crippen LogP contribution is -2.30. The second-order valence-electron chi connectivity index (χ2n) is 18.3. The largest absolute Gasteiger partial charge is 0.462 e. The molecule has 0 aromatic carbocycles. The number of rotatable bonds is 49. The molecule has 0 bridgehead atoms. The maximum Gasteiger partial charge on any atom is 0.306 e. The molecule has 69 heavy (non-hydrogen) atoms. The fourth-order valence-corrected chi connectivity index (χ4v) is 7.41. The molecule has 0 spiro atoms. The number of carbonyl (C=O) groups is 3. The smallest absolute Gasteiger partial charge is 0.306 e. The summed E-state index contributed by atoms with van der Waals surface area (Å²) in [5, 5.41) is 0. The van der Waals surface area contributed by atoms with Gasteiger partial charge in [-0.05, 0) is 89.9 Å². The molecule has 0 radical (unpaired) electrons. The quantitative estimate of drug-likeness (QED) is 0.0199. The molecule has 0 aliphatic carbocycles. The average Bonchev–Trinajstić information content (AvgIpc) is 3.35. The molecule has 6 heteroatoms. The highest BCUT2D eigenvalue weighted by Gasteiger charge is 2.19. The fourth-order valence-electron chi connectivity index (χ4n) is 7.41. The third-order valence-corrected chi connectivity index (χ3v) is 11.6. The second-order valence-corrected chi connectivity index (χ2v) is 18.3. The fraction of sp³-hybridized carbons (Fsp3) is 0.635. The van der Waals surface area contributed by atoms with Crippen molar-refractivity contribution < 1.29 is 28.6 Å². The summed E-state index contributed by atoms with van der Waals surface area (Å²) in [4.78, 5) is 38.1.